The van der Waals surface area contributed by atoms with Crippen LogP contribution in [0.1, 0.15) is 6.42 Å². The van der Waals surface area contributed by atoms with Gasteiger partial charge in [0.2, 0.25) is 0 Å². The minimum atomic E-state index is 0.648. The Morgan fingerprint density at radius 1 is 1.40 bits per heavy atom. The molecule has 0 amide bonds. The van der Waals surface area contributed by atoms with Crippen LogP contribution in [0.5, 0.6) is 0 Å². The molecule has 0 aromatic rings. The molecule has 2 aliphatic rings. The minimum Gasteiger partial charge on any atom is -0.0713 e. The highest BCUT2D eigenvalue weighted by Gasteiger charge is 2.60. The monoisotopic (exact) mass is 64.0 g/mol. The van der Waals surface area contributed by atoms with Crippen LogP contribution in [0, 0.1) is 11.8 Å². The fourth-order valence-corrected chi connectivity index (χ4v) is 0.829. The van der Waals surface area contributed by atoms with Crippen molar-refractivity contribution >= 4 is 7.85 Å². The molecule has 0 N–H and O–H groups in total. The maximum atomic E-state index is 5.42. The Bertz CT molecular complexity index is 55.3. The van der Waals surface area contributed by atoms with Crippen LogP contribution in [0.4, 0.5) is 0 Å². The van der Waals surface area contributed by atoms with E-state index in [-0.39, 0.29) is 0 Å². The van der Waals surface area contributed by atoms with E-state index in [1.54, 1.807) is 0 Å². The lowest BCUT2D eigenvalue weighted by Gasteiger charge is -1.82. The first-order valence-electron chi connectivity index (χ1n) is 2.15. The van der Waals surface area contributed by atoms with E-state index in [9.17, 15) is 0 Å². The van der Waals surface area contributed by atoms with Crippen LogP contribution in [0.2, 0.25) is 5.82 Å². The third-order valence-electron chi connectivity index (χ3n) is 1.74. The molecule has 2 aliphatic carbocycles. The van der Waals surface area contributed by atoms with Gasteiger partial charge in [-0.05, 0) is 18.3 Å². The fraction of sp³-hybridized carbons (Fsp3) is 1.00. The zero-order valence-corrected chi connectivity index (χ0v) is 3.02. The summed E-state index contributed by atoms with van der Waals surface area (Å²) in [6.07, 6.45) is 1.45. The molecule has 2 fully saturated rings. The molecule has 0 heterocycles. The molecule has 2 rings (SSSR count). The number of rotatable bonds is 0. The minimum absolute atomic E-state index is 0.648. The largest absolute Gasteiger partial charge is 0.0713 e. The lowest BCUT2D eigenvalue weighted by atomic mass is 9.93. The molecule has 1 heteroatoms. The van der Waals surface area contributed by atoms with E-state index in [0.29, 0.717) is 5.82 Å². The summed E-state index contributed by atoms with van der Waals surface area (Å²) >= 11 is 0. The Kier molecular flexibility index (Phi) is 0.172. The van der Waals surface area contributed by atoms with Gasteiger partial charge in [0.15, 0.2) is 0 Å². The van der Waals surface area contributed by atoms with Crippen LogP contribution in [-0.4, -0.2) is 7.85 Å². The molecule has 0 nitrogen and oxygen atoms in total. The van der Waals surface area contributed by atoms with E-state index < -0.39 is 0 Å². The van der Waals surface area contributed by atoms with Crippen LogP contribution >= 0.6 is 0 Å². The molecule has 0 saturated heterocycles. The molecule has 2 saturated carbocycles. The van der Waals surface area contributed by atoms with Gasteiger partial charge in [0.25, 0.3) is 0 Å². The molecule has 5 heavy (non-hydrogen) atoms. The maximum absolute atomic E-state index is 5.42. The van der Waals surface area contributed by atoms with Crippen LogP contribution in [-0.2, 0) is 0 Å². The second kappa shape index (κ2) is 0.377. The fourth-order valence-electron chi connectivity index (χ4n) is 0.829. The summed E-state index contributed by atoms with van der Waals surface area (Å²) in [6, 6.07) is 0. The highest BCUT2D eigenvalue weighted by Crippen LogP contribution is 2.71. The van der Waals surface area contributed by atoms with Crippen molar-refractivity contribution in [1.29, 1.82) is 0 Å². The zero-order chi connectivity index (χ0) is 3.44. The van der Waals surface area contributed by atoms with Gasteiger partial charge >= 0.3 is 0 Å². The van der Waals surface area contributed by atoms with Crippen molar-refractivity contribution < 1.29 is 0 Å². The standard InChI is InChI=1S/C4H5B/c5-4-2-1-3(2)4/h2-4H,1H2. The van der Waals surface area contributed by atoms with Gasteiger partial charge in [-0.25, -0.2) is 0 Å². The smallest absolute Gasteiger partial charge is 0.0707 e. The molecule has 0 aromatic carbocycles. The molecule has 2 radical (unpaired) electrons. The third kappa shape index (κ3) is 0.119. The predicted octanol–water partition coefficient (Wildman–Crippen LogP) is 0.593. The second-order valence-corrected chi connectivity index (χ2v) is 2.14. The van der Waals surface area contributed by atoms with Gasteiger partial charge in [0, 0.05) is 0 Å². The van der Waals surface area contributed by atoms with Gasteiger partial charge in [-0.15, -0.1) is 0 Å². The van der Waals surface area contributed by atoms with Crippen molar-refractivity contribution in [3.8, 4) is 0 Å². The third-order valence-corrected chi connectivity index (χ3v) is 1.74. The molecule has 0 bridgehead atoms. The second-order valence-electron chi connectivity index (χ2n) is 2.14. The summed E-state index contributed by atoms with van der Waals surface area (Å²) in [6.45, 7) is 0. The Labute approximate surface area is 33.0 Å². The van der Waals surface area contributed by atoms with E-state index in [4.69, 9.17) is 7.85 Å². The first kappa shape index (κ1) is 2.28. The molecule has 0 spiro atoms. The van der Waals surface area contributed by atoms with Crippen LogP contribution in [0.3, 0.4) is 0 Å². The molecule has 2 atom stereocenters. The zero-order valence-electron chi connectivity index (χ0n) is 3.02. The maximum Gasteiger partial charge on any atom is 0.0707 e. The number of fused-ring (bicyclic) bond motifs is 1. The Balaban J connectivity index is 2.19. The predicted molar refractivity (Wildman–Crippen MR) is 21.1 cm³/mol. The molecular weight excluding hydrogens is 58.9 g/mol. The van der Waals surface area contributed by atoms with E-state index in [0.717, 1.165) is 11.8 Å². The molecule has 24 valence electrons. The molecular formula is C4H5B. The van der Waals surface area contributed by atoms with Gasteiger partial charge in [-0.3, -0.25) is 0 Å². The van der Waals surface area contributed by atoms with Crippen LogP contribution < -0.4 is 0 Å². The Hall–Kier alpha value is 0.0649. The molecule has 0 aliphatic heterocycles. The average Bonchev–Trinajstić information content (AvgIpc) is 2.11. The van der Waals surface area contributed by atoms with Gasteiger partial charge < -0.3 is 0 Å². The van der Waals surface area contributed by atoms with E-state index in [1.807, 2.05) is 0 Å². The Morgan fingerprint density at radius 2 is 1.80 bits per heavy atom. The quantitative estimate of drug-likeness (QED) is 0.361. The summed E-state index contributed by atoms with van der Waals surface area (Å²) in [7, 11) is 5.42. The SMILES string of the molecule is [B]C1C2CC12. The summed E-state index contributed by atoms with van der Waals surface area (Å²) in [5.74, 6) is 2.64. The normalized spacial score (nSPS) is 70.0. The van der Waals surface area contributed by atoms with Crippen molar-refractivity contribution in [3.63, 3.8) is 0 Å². The summed E-state index contributed by atoms with van der Waals surface area (Å²) in [4.78, 5) is 0. The highest BCUT2D eigenvalue weighted by atomic mass is 14.6. The van der Waals surface area contributed by atoms with Gasteiger partial charge in [0.1, 0.15) is 0 Å². The van der Waals surface area contributed by atoms with Crippen molar-refractivity contribution in [2.75, 3.05) is 0 Å². The van der Waals surface area contributed by atoms with Gasteiger partial charge in [-0.1, -0.05) is 5.82 Å². The highest BCUT2D eigenvalue weighted by molar-refractivity contribution is 6.15. The van der Waals surface area contributed by atoms with E-state index >= 15 is 0 Å². The molecule has 2 unspecified atom stereocenters. The number of hydrogen-bond acceptors (Lipinski definition) is 0. The van der Waals surface area contributed by atoms with Gasteiger partial charge in [-0.2, -0.15) is 0 Å². The summed E-state index contributed by atoms with van der Waals surface area (Å²) in [5, 5.41) is 0. The van der Waals surface area contributed by atoms with Crippen LogP contribution in [0.25, 0.3) is 0 Å². The summed E-state index contributed by atoms with van der Waals surface area (Å²) < 4.78 is 0. The van der Waals surface area contributed by atoms with Crippen LogP contribution in [0.15, 0.2) is 0 Å². The lowest BCUT2D eigenvalue weighted by molar-refractivity contribution is 0.910. The lowest BCUT2D eigenvalue weighted by Crippen LogP contribution is -1.73. The topological polar surface area (TPSA) is 0 Å². The summed E-state index contributed by atoms with van der Waals surface area (Å²) in [5.41, 5.74) is 0. The number of hydrogen-bond donors (Lipinski definition) is 0. The average molecular weight is 63.9 g/mol. The Morgan fingerprint density at radius 3 is 1.80 bits per heavy atom. The van der Waals surface area contributed by atoms with Crippen molar-refractivity contribution in [3.05, 3.63) is 0 Å². The van der Waals surface area contributed by atoms with Crippen molar-refractivity contribution in [2.24, 2.45) is 11.8 Å². The molecule has 0 aromatic heterocycles. The van der Waals surface area contributed by atoms with Crippen molar-refractivity contribution in [2.45, 2.75) is 12.2 Å². The van der Waals surface area contributed by atoms with Crippen molar-refractivity contribution in [1.82, 2.24) is 0 Å². The van der Waals surface area contributed by atoms with Gasteiger partial charge in [0.05, 0.1) is 7.85 Å². The first-order chi connectivity index (χ1) is 2.39. The van der Waals surface area contributed by atoms with E-state index in [1.165, 1.54) is 6.42 Å². The first-order valence-corrected chi connectivity index (χ1v) is 2.15. The van der Waals surface area contributed by atoms with E-state index in [2.05, 4.69) is 0 Å².